The molecule has 2 aliphatic heterocycles. The van der Waals surface area contributed by atoms with Gasteiger partial charge in [-0.15, -0.1) is 11.8 Å². The second kappa shape index (κ2) is 29.0. The molecule has 10 atom stereocenters. The summed E-state index contributed by atoms with van der Waals surface area (Å²) in [5.41, 5.74) is 6.60. The highest BCUT2D eigenvalue weighted by molar-refractivity contribution is 7.99. The van der Waals surface area contributed by atoms with Gasteiger partial charge in [0.25, 0.3) is 0 Å². The van der Waals surface area contributed by atoms with E-state index in [2.05, 4.69) is 79.7 Å². The predicted molar refractivity (Wildman–Crippen MR) is 288 cm³/mol. The fourth-order valence-electron chi connectivity index (χ4n) is 9.26. The van der Waals surface area contributed by atoms with E-state index >= 15 is 0 Å². The zero-order valence-corrected chi connectivity index (χ0v) is 42.9. The Labute approximate surface area is 441 Å². The molecule has 0 bridgehead atoms. The van der Waals surface area contributed by atoms with Gasteiger partial charge in [0.15, 0.2) is 6.29 Å². The first-order valence-corrected chi connectivity index (χ1v) is 26.8. The Kier molecular flexibility index (Phi) is 20.9. The largest absolute Gasteiger partial charge is 0.374 e. The summed E-state index contributed by atoms with van der Waals surface area (Å²) in [4.78, 5) is 0. The maximum absolute atomic E-state index is 7.56. The van der Waals surface area contributed by atoms with E-state index in [0.29, 0.717) is 33.0 Å². The lowest BCUT2D eigenvalue weighted by Gasteiger charge is -2.50. The van der Waals surface area contributed by atoms with Crippen molar-refractivity contribution >= 4 is 11.8 Å². The number of benzene rings is 7. The average Bonchev–Trinajstić information content (AvgIpc) is 3.45. The fraction of sp³-hybridized carbons (Fsp3) is 0.333. The number of hydrogen-bond donors (Lipinski definition) is 0. The van der Waals surface area contributed by atoms with Crippen LogP contribution in [0.25, 0.3) is 0 Å². The minimum absolute atomic E-state index is 0.177. The van der Waals surface area contributed by atoms with Crippen molar-refractivity contribution in [1.82, 2.24) is 0 Å². The van der Waals surface area contributed by atoms with E-state index < -0.39 is 60.6 Å². The minimum atomic E-state index is -1.03. The molecule has 0 aliphatic carbocycles. The summed E-state index contributed by atoms with van der Waals surface area (Å²) < 4.78 is 70.5. The summed E-state index contributed by atoms with van der Waals surface area (Å²) in [6.45, 7) is 4.80. The third-order valence-electron chi connectivity index (χ3n) is 13.0. The van der Waals surface area contributed by atoms with Gasteiger partial charge in [-0.25, -0.2) is 0 Å². The lowest BCUT2D eigenvalue weighted by atomic mass is 9.96. The number of ether oxygens (including phenoxy) is 10. The number of thioether (sulfide) groups is 1. The van der Waals surface area contributed by atoms with Gasteiger partial charge in [-0.2, -0.15) is 0 Å². The van der Waals surface area contributed by atoms with E-state index in [1.54, 1.807) is 11.8 Å². The molecular weight excluding hydrogens is 949 g/mol. The van der Waals surface area contributed by atoms with Crippen LogP contribution in [0.1, 0.15) is 45.9 Å². The summed E-state index contributed by atoms with van der Waals surface area (Å²) in [6.07, 6.45) is -6.47. The zero-order chi connectivity index (χ0) is 50.4. The van der Waals surface area contributed by atoms with Crippen LogP contribution in [0, 0.1) is 0 Å². The minimum Gasteiger partial charge on any atom is -0.374 e. The van der Waals surface area contributed by atoms with Crippen molar-refractivity contribution in [2.75, 3.05) is 19.0 Å². The van der Waals surface area contributed by atoms with Gasteiger partial charge < -0.3 is 47.4 Å². The maximum Gasteiger partial charge on any atom is 0.187 e. The summed E-state index contributed by atoms with van der Waals surface area (Å²) in [5, 5.41) is 0. The molecule has 0 N–H and O–H groups in total. The van der Waals surface area contributed by atoms with E-state index in [1.807, 2.05) is 140 Å². The number of rotatable bonds is 27. The highest BCUT2D eigenvalue weighted by Crippen LogP contribution is 2.39. The molecule has 0 aromatic heterocycles. The van der Waals surface area contributed by atoms with Gasteiger partial charge in [0.05, 0.1) is 59.5 Å². The highest BCUT2D eigenvalue weighted by Gasteiger charge is 2.54. The smallest absolute Gasteiger partial charge is 0.187 e. The van der Waals surface area contributed by atoms with E-state index in [4.69, 9.17) is 47.4 Å². The zero-order valence-electron chi connectivity index (χ0n) is 42.0. The van der Waals surface area contributed by atoms with Crippen molar-refractivity contribution < 1.29 is 47.4 Å². The standard InChI is InChI=1S/C63H68O10S/c1-2-74-63-61(59(69-43-52-34-20-8-21-35-52)57(67-41-50-30-16-6-17-31-50)55(72-63)46-65-39-48-26-12-4-13-27-48)73-62-60(70-44-53-36-22-9-23-37-53)58(68-42-51-32-18-7-19-33-51)56(66-40-49-28-14-5-15-29-49)54(71-62)45-64-38-47-24-10-3-11-25-47/h3-37,54-63H,2,38-46H2,1H3/t54-,55-,56-,57-,58+,59+,60+,61+,62-,63-/m1/s1. The second-order valence-electron chi connectivity index (χ2n) is 18.4. The van der Waals surface area contributed by atoms with E-state index in [0.717, 1.165) is 44.7 Å². The maximum atomic E-state index is 7.56. The van der Waals surface area contributed by atoms with Crippen molar-refractivity contribution in [2.45, 2.75) is 114 Å². The van der Waals surface area contributed by atoms with Gasteiger partial charge in [0.2, 0.25) is 0 Å². The molecule has 7 aromatic carbocycles. The van der Waals surface area contributed by atoms with Gasteiger partial charge in [-0.1, -0.05) is 219 Å². The molecule has 11 heteroatoms. The van der Waals surface area contributed by atoms with Crippen LogP contribution in [0.2, 0.25) is 0 Å². The van der Waals surface area contributed by atoms with Gasteiger partial charge in [-0.3, -0.25) is 0 Å². The Bertz CT molecular complexity index is 2590. The summed E-state index contributed by atoms with van der Waals surface area (Å²) in [6, 6.07) is 71.0. The fourth-order valence-corrected chi connectivity index (χ4v) is 10.2. The molecule has 0 spiro atoms. The Morgan fingerprint density at radius 2 is 0.608 bits per heavy atom. The Morgan fingerprint density at radius 3 is 0.946 bits per heavy atom. The third kappa shape index (κ3) is 15.8. The molecule has 2 saturated heterocycles. The SMILES string of the molecule is CCS[C@H]1O[C@H](COCc2ccccc2)[C@@H](OCc2ccccc2)[C@H](OCc2ccccc2)[C@@H]1O[C@H]1O[C@H](COCc2ccccc2)[C@@H](OCc2ccccc2)[C@H](OCc2ccccc2)[C@@H]1OCc1ccccc1. The van der Waals surface area contributed by atoms with Crippen molar-refractivity contribution in [1.29, 1.82) is 0 Å². The first-order valence-electron chi connectivity index (χ1n) is 25.8. The quantitative estimate of drug-likeness (QED) is 0.0493. The molecule has 9 rings (SSSR count). The van der Waals surface area contributed by atoms with Crippen LogP contribution in [0.3, 0.4) is 0 Å². The Hall–Kier alpha value is -5.51. The van der Waals surface area contributed by atoms with Crippen molar-refractivity contribution in [3.8, 4) is 0 Å². The monoisotopic (exact) mass is 1020 g/mol. The van der Waals surface area contributed by atoms with E-state index in [-0.39, 0.29) is 26.4 Å². The lowest BCUT2D eigenvalue weighted by Crippen LogP contribution is -2.65. The summed E-state index contributed by atoms with van der Waals surface area (Å²) >= 11 is 1.65. The van der Waals surface area contributed by atoms with E-state index in [9.17, 15) is 0 Å². The summed E-state index contributed by atoms with van der Waals surface area (Å²) in [5.74, 6) is 0.733. The molecular formula is C63H68O10S. The number of hydrogen-bond acceptors (Lipinski definition) is 11. The molecule has 0 saturated carbocycles. The molecule has 2 heterocycles. The lowest BCUT2D eigenvalue weighted by molar-refractivity contribution is -0.357. The molecule has 2 fully saturated rings. The molecule has 74 heavy (non-hydrogen) atoms. The van der Waals surface area contributed by atoms with Crippen LogP contribution < -0.4 is 0 Å². The second-order valence-corrected chi connectivity index (χ2v) is 19.8. The first kappa shape index (κ1) is 53.3. The molecule has 0 unspecified atom stereocenters. The van der Waals surface area contributed by atoms with Crippen LogP contribution in [0.15, 0.2) is 212 Å². The third-order valence-corrected chi connectivity index (χ3v) is 14.1. The normalized spacial score (nSPS) is 23.9. The van der Waals surface area contributed by atoms with Gasteiger partial charge in [-0.05, 0) is 44.7 Å². The molecule has 386 valence electrons. The van der Waals surface area contributed by atoms with Crippen molar-refractivity contribution in [3.05, 3.63) is 251 Å². The molecule has 0 radical (unpaired) electrons. The molecule has 7 aromatic rings. The van der Waals surface area contributed by atoms with Crippen LogP contribution in [-0.4, -0.2) is 79.5 Å². The predicted octanol–water partition coefficient (Wildman–Crippen LogP) is 11.9. The van der Waals surface area contributed by atoms with Crippen LogP contribution in [0.4, 0.5) is 0 Å². The summed E-state index contributed by atoms with van der Waals surface area (Å²) in [7, 11) is 0. The van der Waals surface area contributed by atoms with Gasteiger partial charge >= 0.3 is 0 Å². The van der Waals surface area contributed by atoms with Crippen LogP contribution in [-0.2, 0) is 93.6 Å². The van der Waals surface area contributed by atoms with Gasteiger partial charge in [0, 0.05) is 0 Å². The van der Waals surface area contributed by atoms with Gasteiger partial charge in [0.1, 0.15) is 54.3 Å². The van der Waals surface area contributed by atoms with E-state index in [1.165, 1.54) is 0 Å². The highest BCUT2D eigenvalue weighted by atomic mass is 32.2. The molecule has 0 amide bonds. The topological polar surface area (TPSA) is 92.3 Å². The Morgan fingerprint density at radius 1 is 0.324 bits per heavy atom. The average molecular weight is 1020 g/mol. The van der Waals surface area contributed by atoms with Crippen molar-refractivity contribution in [3.63, 3.8) is 0 Å². The Balaban J connectivity index is 1.10. The first-order chi connectivity index (χ1) is 36.7. The van der Waals surface area contributed by atoms with Crippen LogP contribution >= 0.6 is 11.8 Å². The molecule has 10 nitrogen and oxygen atoms in total. The van der Waals surface area contributed by atoms with Crippen LogP contribution in [0.5, 0.6) is 0 Å². The van der Waals surface area contributed by atoms with Crippen molar-refractivity contribution in [2.24, 2.45) is 0 Å². The molecule has 2 aliphatic rings.